The van der Waals surface area contributed by atoms with E-state index in [9.17, 15) is 0 Å². The minimum atomic E-state index is 0.287. The Morgan fingerprint density at radius 2 is 1.26 bits per heavy atom. The molecule has 0 saturated carbocycles. The smallest absolute Gasteiger partial charge is 0.129 e. The number of hydrogen-bond donors (Lipinski definition) is 0. The van der Waals surface area contributed by atoms with Gasteiger partial charge < -0.3 is 0 Å². The summed E-state index contributed by atoms with van der Waals surface area (Å²) in [5.41, 5.74) is 0. The molecule has 0 aliphatic heterocycles. The molecule has 0 aromatic carbocycles. The molecule has 7 heteroatoms. The molecule has 0 spiro atoms. The molecule has 0 amide bonds. The summed E-state index contributed by atoms with van der Waals surface area (Å²) >= 11 is 1.54. The summed E-state index contributed by atoms with van der Waals surface area (Å²) in [4.78, 5) is 0. The Morgan fingerprint density at radius 3 is 1.78 bits per heavy atom. The van der Waals surface area contributed by atoms with E-state index in [-0.39, 0.29) is 4.75 Å². The highest BCUT2D eigenvalue weighted by Crippen LogP contribution is 2.50. The minimum Gasteiger partial charge on any atom is -0.129 e. The van der Waals surface area contributed by atoms with Crippen molar-refractivity contribution in [1.82, 2.24) is 9.59 Å². The summed E-state index contributed by atoms with van der Waals surface area (Å²) in [5, 5.41) is 5.50. The predicted octanol–water partition coefficient (Wildman–Crippen LogP) is 9.52. The lowest BCUT2D eigenvalue weighted by Crippen LogP contribution is -2.13. The van der Waals surface area contributed by atoms with Crippen molar-refractivity contribution in [2.75, 3.05) is 0 Å². The Balaban J connectivity index is 2.40. The molecule has 0 aliphatic rings. The van der Waals surface area contributed by atoms with Gasteiger partial charge in [-0.15, -0.1) is 5.10 Å². The fourth-order valence-corrected chi connectivity index (χ4v) is 8.97. The van der Waals surface area contributed by atoms with Crippen LogP contribution in [0, 0.1) is 0 Å². The van der Waals surface area contributed by atoms with Gasteiger partial charge in [0.15, 0.2) is 5.03 Å². The Hall–Kier alpha value is 0.960. The lowest BCUT2D eigenvalue weighted by molar-refractivity contribution is 0.561. The second-order valence-corrected chi connectivity index (χ2v) is 15.0. The Morgan fingerprint density at radius 1 is 0.741 bits per heavy atom. The molecule has 0 atom stereocenters. The first-order valence-electron chi connectivity index (χ1n) is 10.3. The van der Waals surface area contributed by atoms with Crippen LogP contribution >= 0.6 is 54.7 Å². The highest BCUT2D eigenvalue weighted by atomic mass is 33.1. The fourth-order valence-electron chi connectivity index (χ4n) is 2.62. The zero-order chi connectivity index (χ0) is 20.2. The second kappa shape index (κ2) is 14.1. The van der Waals surface area contributed by atoms with Gasteiger partial charge in [0.25, 0.3) is 0 Å². The normalized spacial score (nSPS) is 12.7. The topological polar surface area (TPSA) is 25.8 Å². The van der Waals surface area contributed by atoms with Crippen LogP contribution < -0.4 is 0 Å². The third-order valence-electron chi connectivity index (χ3n) is 4.38. The summed E-state index contributed by atoms with van der Waals surface area (Å²) < 4.78 is 6.07. The lowest BCUT2D eigenvalue weighted by Gasteiger charge is -2.23. The van der Waals surface area contributed by atoms with Crippen molar-refractivity contribution in [3.05, 3.63) is 0 Å². The van der Waals surface area contributed by atoms with Crippen molar-refractivity contribution in [2.45, 2.75) is 124 Å². The van der Waals surface area contributed by atoms with Crippen molar-refractivity contribution in [3.63, 3.8) is 0 Å². The van der Waals surface area contributed by atoms with Crippen LogP contribution in [0.3, 0.4) is 0 Å². The van der Waals surface area contributed by atoms with Crippen molar-refractivity contribution in [3.8, 4) is 0 Å². The number of aromatic nitrogens is 2. The first-order valence-corrected chi connectivity index (χ1v) is 15.4. The van der Waals surface area contributed by atoms with E-state index < -0.39 is 0 Å². The van der Waals surface area contributed by atoms with Gasteiger partial charge in [0, 0.05) is 9.49 Å². The molecule has 2 nitrogen and oxygen atoms in total. The molecular formula is C20H38N2S5. The molecule has 0 unspecified atom stereocenters. The third-order valence-corrected chi connectivity index (χ3v) is 12.4. The third kappa shape index (κ3) is 12.3. The summed E-state index contributed by atoms with van der Waals surface area (Å²) in [5.74, 6) is 0. The molecule has 0 N–H and O–H groups in total. The molecule has 0 radical (unpaired) electrons. The summed E-state index contributed by atoms with van der Waals surface area (Å²) in [7, 11) is 7.64. The average Bonchev–Trinajstić information content (AvgIpc) is 3.07. The van der Waals surface area contributed by atoms with E-state index >= 15 is 0 Å². The van der Waals surface area contributed by atoms with Crippen LogP contribution in [0.25, 0.3) is 0 Å². The molecule has 0 bridgehead atoms. The number of unbranched alkanes of at least 4 members (excludes halogenated alkanes) is 6. The maximum absolute atomic E-state index is 4.39. The van der Waals surface area contributed by atoms with Gasteiger partial charge in [-0.1, -0.05) is 91.3 Å². The first-order chi connectivity index (χ1) is 12.8. The van der Waals surface area contributed by atoms with E-state index in [0.717, 1.165) is 5.03 Å². The van der Waals surface area contributed by atoms with Gasteiger partial charge in [-0.05, 0) is 73.7 Å². The second-order valence-electron chi connectivity index (χ2n) is 8.34. The monoisotopic (exact) mass is 466 g/mol. The Labute approximate surface area is 187 Å². The van der Waals surface area contributed by atoms with Gasteiger partial charge in [-0.25, -0.2) is 0 Å². The van der Waals surface area contributed by atoms with Gasteiger partial charge >= 0.3 is 0 Å². The molecule has 1 aromatic rings. The van der Waals surface area contributed by atoms with Gasteiger partial charge in [0.1, 0.15) is 4.21 Å². The van der Waals surface area contributed by atoms with Gasteiger partial charge in [0.2, 0.25) is 0 Å². The van der Waals surface area contributed by atoms with Crippen LogP contribution in [0.5, 0.6) is 0 Å². The SMILES string of the molecule is CCCCCCC(C)(C)SSc1nnsc1SSC(C)(C)CCCCCC. The van der Waals surface area contributed by atoms with E-state index in [1.807, 2.05) is 43.2 Å². The van der Waals surface area contributed by atoms with E-state index in [2.05, 4.69) is 51.1 Å². The van der Waals surface area contributed by atoms with E-state index in [4.69, 9.17) is 0 Å². The fraction of sp³-hybridized carbons (Fsp3) is 0.900. The van der Waals surface area contributed by atoms with Crippen molar-refractivity contribution >= 4 is 54.7 Å². The molecule has 0 fully saturated rings. The largest absolute Gasteiger partial charge is 0.156 e. The van der Waals surface area contributed by atoms with Crippen molar-refractivity contribution in [2.24, 2.45) is 0 Å². The predicted molar refractivity (Wildman–Crippen MR) is 132 cm³/mol. The van der Waals surface area contributed by atoms with Crippen LogP contribution in [0.15, 0.2) is 9.24 Å². The molecule has 0 saturated heterocycles. The standard InChI is InChI=1S/C20H38N2S5/c1-7-9-11-13-15-19(3,4)26-24-17-18(23-22-21-17)25-27-20(5,6)16-14-12-10-8-2/h7-16H2,1-6H3. The van der Waals surface area contributed by atoms with E-state index in [0.29, 0.717) is 4.75 Å². The molecule has 0 aliphatic carbocycles. The number of rotatable bonds is 16. The van der Waals surface area contributed by atoms with Gasteiger partial charge in [-0.3, -0.25) is 0 Å². The Kier molecular flexibility index (Phi) is 13.5. The van der Waals surface area contributed by atoms with Crippen molar-refractivity contribution in [1.29, 1.82) is 0 Å². The summed E-state index contributed by atoms with van der Waals surface area (Å²) in [6.07, 6.45) is 13.2. The molecular weight excluding hydrogens is 429 g/mol. The Bertz CT molecular complexity index is 460. The van der Waals surface area contributed by atoms with Gasteiger partial charge in [0.05, 0.1) is 0 Å². The summed E-state index contributed by atoms with van der Waals surface area (Å²) in [6, 6.07) is 0. The van der Waals surface area contributed by atoms with Crippen LogP contribution in [-0.4, -0.2) is 19.1 Å². The zero-order valence-electron chi connectivity index (χ0n) is 18.0. The lowest BCUT2D eigenvalue weighted by atomic mass is 10.0. The summed E-state index contributed by atoms with van der Waals surface area (Å²) in [6.45, 7) is 14.0. The molecule has 158 valence electrons. The average molecular weight is 467 g/mol. The molecule has 1 heterocycles. The highest BCUT2D eigenvalue weighted by molar-refractivity contribution is 8.78. The molecule has 27 heavy (non-hydrogen) atoms. The highest BCUT2D eigenvalue weighted by Gasteiger charge is 2.24. The van der Waals surface area contributed by atoms with E-state index in [1.165, 1.54) is 68.4 Å². The van der Waals surface area contributed by atoms with E-state index in [1.54, 1.807) is 11.5 Å². The molecule has 1 aromatic heterocycles. The minimum absolute atomic E-state index is 0.287. The van der Waals surface area contributed by atoms with Crippen LogP contribution in [0.1, 0.15) is 106 Å². The first kappa shape index (κ1) is 26.0. The van der Waals surface area contributed by atoms with Crippen LogP contribution in [-0.2, 0) is 0 Å². The van der Waals surface area contributed by atoms with Crippen molar-refractivity contribution < 1.29 is 0 Å². The number of nitrogens with zero attached hydrogens (tertiary/aromatic N) is 2. The maximum atomic E-state index is 4.39. The number of hydrogen-bond acceptors (Lipinski definition) is 7. The zero-order valence-corrected chi connectivity index (χ0v) is 22.1. The van der Waals surface area contributed by atoms with Crippen LogP contribution in [0.2, 0.25) is 0 Å². The molecule has 1 rings (SSSR count). The van der Waals surface area contributed by atoms with Crippen LogP contribution in [0.4, 0.5) is 0 Å². The maximum Gasteiger partial charge on any atom is 0.156 e. The van der Waals surface area contributed by atoms with Gasteiger partial charge in [-0.2, -0.15) is 0 Å². The quantitative estimate of drug-likeness (QED) is 0.178.